The van der Waals surface area contributed by atoms with Gasteiger partial charge in [-0.15, -0.1) is 0 Å². The Labute approximate surface area is 82.6 Å². The Bertz CT molecular complexity index is 406. The highest BCUT2D eigenvalue weighted by molar-refractivity contribution is 5.52. The third-order valence-electron chi connectivity index (χ3n) is 2.01. The Morgan fingerprint density at radius 3 is 2.57 bits per heavy atom. The number of hydrogen-bond donors (Lipinski definition) is 1. The van der Waals surface area contributed by atoms with Crippen LogP contribution in [0.5, 0.6) is 0 Å². The Hall–Kier alpha value is -1.61. The SMILES string of the molecule is C[C@@H](N)c1coc(-c2ccccc2)n1. The van der Waals surface area contributed by atoms with Gasteiger partial charge < -0.3 is 10.2 Å². The quantitative estimate of drug-likeness (QED) is 0.787. The molecule has 0 bridgehead atoms. The third kappa shape index (κ3) is 1.67. The molecule has 72 valence electrons. The molecule has 0 aliphatic rings. The molecule has 1 atom stereocenters. The van der Waals surface area contributed by atoms with E-state index >= 15 is 0 Å². The third-order valence-corrected chi connectivity index (χ3v) is 2.01. The van der Waals surface area contributed by atoms with Crippen molar-refractivity contribution in [1.82, 2.24) is 4.98 Å². The number of benzene rings is 1. The second-order valence-corrected chi connectivity index (χ2v) is 3.23. The first-order valence-electron chi connectivity index (χ1n) is 4.54. The molecule has 1 heterocycles. The molecular weight excluding hydrogens is 176 g/mol. The fourth-order valence-corrected chi connectivity index (χ4v) is 1.21. The van der Waals surface area contributed by atoms with E-state index in [9.17, 15) is 0 Å². The second kappa shape index (κ2) is 3.64. The number of hydrogen-bond acceptors (Lipinski definition) is 3. The number of nitrogens with zero attached hydrogens (tertiary/aromatic N) is 1. The van der Waals surface area contributed by atoms with Crippen LogP contribution in [-0.2, 0) is 0 Å². The number of nitrogens with two attached hydrogens (primary N) is 1. The maximum absolute atomic E-state index is 5.68. The highest BCUT2D eigenvalue weighted by atomic mass is 16.3. The summed E-state index contributed by atoms with van der Waals surface area (Å²) in [5.41, 5.74) is 7.44. The minimum absolute atomic E-state index is 0.0868. The first-order valence-corrected chi connectivity index (χ1v) is 4.54. The van der Waals surface area contributed by atoms with Gasteiger partial charge in [-0.2, -0.15) is 0 Å². The van der Waals surface area contributed by atoms with Crippen molar-refractivity contribution in [3.63, 3.8) is 0 Å². The van der Waals surface area contributed by atoms with Crippen molar-refractivity contribution in [3.05, 3.63) is 42.3 Å². The van der Waals surface area contributed by atoms with E-state index in [0.717, 1.165) is 11.3 Å². The van der Waals surface area contributed by atoms with Crippen molar-refractivity contribution in [2.24, 2.45) is 5.73 Å². The second-order valence-electron chi connectivity index (χ2n) is 3.23. The van der Waals surface area contributed by atoms with Crippen molar-refractivity contribution in [2.75, 3.05) is 0 Å². The summed E-state index contributed by atoms with van der Waals surface area (Å²) in [7, 11) is 0. The summed E-state index contributed by atoms with van der Waals surface area (Å²) in [6.07, 6.45) is 1.60. The van der Waals surface area contributed by atoms with Crippen LogP contribution in [-0.4, -0.2) is 4.98 Å². The molecule has 2 N–H and O–H groups in total. The minimum Gasteiger partial charge on any atom is -0.444 e. The monoisotopic (exact) mass is 188 g/mol. The summed E-state index contributed by atoms with van der Waals surface area (Å²) in [5, 5.41) is 0. The van der Waals surface area contributed by atoms with Gasteiger partial charge in [0.15, 0.2) is 0 Å². The summed E-state index contributed by atoms with van der Waals surface area (Å²) < 4.78 is 5.32. The number of aromatic nitrogens is 1. The lowest BCUT2D eigenvalue weighted by atomic mass is 10.2. The van der Waals surface area contributed by atoms with Crippen LogP contribution in [0.3, 0.4) is 0 Å². The Morgan fingerprint density at radius 2 is 2.00 bits per heavy atom. The first kappa shape index (κ1) is 8.97. The lowest BCUT2D eigenvalue weighted by Gasteiger charge is -1.95. The van der Waals surface area contributed by atoms with Crippen LogP contribution in [0.15, 0.2) is 41.0 Å². The molecule has 1 aromatic carbocycles. The van der Waals surface area contributed by atoms with Crippen LogP contribution in [0.4, 0.5) is 0 Å². The average Bonchev–Trinajstić information content (AvgIpc) is 2.68. The van der Waals surface area contributed by atoms with Gasteiger partial charge in [-0.05, 0) is 19.1 Å². The first-order chi connectivity index (χ1) is 6.77. The zero-order valence-electron chi connectivity index (χ0n) is 7.97. The van der Waals surface area contributed by atoms with Crippen LogP contribution in [0, 0.1) is 0 Å². The Balaban J connectivity index is 2.34. The molecule has 0 radical (unpaired) electrons. The van der Waals surface area contributed by atoms with Gasteiger partial charge in [0.05, 0.1) is 5.69 Å². The van der Waals surface area contributed by atoms with Gasteiger partial charge >= 0.3 is 0 Å². The molecule has 0 aliphatic carbocycles. The van der Waals surface area contributed by atoms with Crippen molar-refractivity contribution in [1.29, 1.82) is 0 Å². The Morgan fingerprint density at radius 1 is 1.29 bits per heavy atom. The van der Waals surface area contributed by atoms with Crippen LogP contribution < -0.4 is 5.73 Å². The van der Waals surface area contributed by atoms with Gasteiger partial charge in [-0.1, -0.05) is 18.2 Å². The van der Waals surface area contributed by atoms with Crippen LogP contribution in [0.25, 0.3) is 11.5 Å². The highest BCUT2D eigenvalue weighted by Gasteiger charge is 2.08. The van der Waals surface area contributed by atoms with E-state index in [1.807, 2.05) is 37.3 Å². The topological polar surface area (TPSA) is 52.0 Å². The molecule has 0 unspecified atom stereocenters. The predicted octanol–water partition coefficient (Wildman–Crippen LogP) is 2.36. The molecule has 0 fully saturated rings. The molecule has 0 amide bonds. The molecule has 0 saturated carbocycles. The van der Waals surface area contributed by atoms with Crippen molar-refractivity contribution in [2.45, 2.75) is 13.0 Å². The van der Waals surface area contributed by atoms with Crippen molar-refractivity contribution >= 4 is 0 Å². The summed E-state index contributed by atoms with van der Waals surface area (Å²) in [4.78, 5) is 4.29. The molecule has 14 heavy (non-hydrogen) atoms. The van der Waals surface area contributed by atoms with Crippen LogP contribution in [0.2, 0.25) is 0 Å². The van der Waals surface area contributed by atoms with Gasteiger partial charge in [0.2, 0.25) is 5.89 Å². The van der Waals surface area contributed by atoms with Gasteiger partial charge in [0.1, 0.15) is 6.26 Å². The van der Waals surface area contributed by atoms with E-state index in [0.29, 0.717) is 5.89 Å². The zero-order valence-corrected chi connectivity index (χ0v) is 7.97. The van der Waals surface area contributed by atoms with Crippen LogP contribution >= 0.6 is 0 Å². The molecule has 3 heteroatoms. The minimum atomic E-state index is -0.0868. The standard InChI is InChI=1S/C11H12N2O/c1-8(12)10-7-14-11(13-10)9-5-3-2-4-6-9/h2-8H,12H2,1H3/t8-/m1/s1. The van der Waals surface area contributed by atoms with E-state index in [1.54, 1.807) is 6.26 Å². The summed E-state index contributed by atoms with van der Waals surface area (Å²) in [6, 6.07) is 9.68. The van der Waals surface area contributed by atoms with E-state index in [-0.39, 0.29) is 6.04 Å². The lowest BCUT2D eigenvalue weighted by molar-refractivity contribution is 0.570. The number of oxazole rings is 1. The summed E-state index contributed by atoms with van der Waals surface area (Å²) >= 11 is 0. The van der Waals surface area contributed by atoms with Crippen LogP contribution in [0.1, 0.15) is 18.7 Å². The predicted molar refractivity (Wildman–Crippen MR) is 54.5 cm³/mol. The largest absolute Gasteiger partial charge is 0.444 e. The summed E-state index contributed by atoms with van der Waals surface area (Å²) in [6.45, 7) is 1.88. The normalized spacial score (nSPS) is 12.7. The molecular formula is C11H12N2O. The summed E-state index contributed by atoms with van der Waals surface area (Å²) in [5.74, 6) is 0.623. The van der Waals surface area contributed by atoms with E-state index in [4.69, 9.17) is 10.2 Å². The van der Waals surface area contributed by atoms with E-state index in [1.165, 1.54) is 0 Å². The van der Waals surface area contributed by atoms with E-state index < -0.39 is 0 Å². The highest BCUT2D eigenvalue weighted by Crippen LogP contribution is 2.19. The Kier molecular flexibility index (Phi) is 2.33. The van der Waals surface area contributed by atoms with Gasteiger partial charge in [-0.25, -0.2) is 4.98 Å². The molecule has 2 aromatic rings. The number of rotatable bonds is 2. The fraction of sp³-hybridized carbons (Fsp3) is 0.182. The molecule has 1 aromatic heterocycles. The molecule has 0 saturated heterocycles. The molecule has 2 rings (SSSR count). The average molecular weight is 188 g/mol. The molecule has 0 spiro atoms. The lowest BCUT2D eigenvalue weighted by Crippen LogP contribution is -2.04. The maximum Gasteiger partial charge on any atom is 0.226 e. The smallest absolute Gasteiger partial charge is 0.226 e. The van der Waals surface area contributed by atoms with Crippen molar-refractivity contribution < 1.29 is 4.42 Å². The van der Waals surface area contributed by atoms with Gasteiger partial charge in [-0.3, -0.25) is 0 Å². The van der Waals surface area contributed by atoms with Gasteiger partial charge in [0, 0.05) is 11.6 Å². The van der Waals surface area contributed by atoms with E-state index in [2.05, 4.69) is 4.98 Å². The van der Waals surface area contributed by atoms with Gasteiger partial charge in [0.25, 0.3) is 0 Å². The zero-order chi connectivity index (χ0) is 9.97. The molecule has 0 aliphatic heterocycles. The maximum atomic E-state index is 5.68. The van der Waals surface area contributed by atoms with Crippen molar-refractivity contribution in [3.8, 4) is 11.5 Å². The fourth-order valence-electron chi connectivity index (χ4n) is 1.21. The molecule has 3 nitrogen and oxygen atoms in total.